The number of hydrogen-bond donors (Lipinski definition) is 2. The van der Waals surface area contributed by atoms with Crippen molar-refractivity contribution >= 4 is 34.8 Å². The number of benzene rings is 3. The van der Waals surface area contributed by atoms with Gasteiger partial charge in [0.25, 0.3) is 0 Å². The van der Waals surface area contributed by atoms with Crippen molar-refractivity contribution in [3.05, 3.63) is 78.1 Å². The first-order chi connectivity index (χ1) is 14.2. The molecule has 4 rings (SSSR count). The molecular formula is C24H27ClN4O. The molecule has 0 amide bonds. The number of halogens is 1. The Hall–Kier alpha value is -3.18. The van der Waals surface area contributed by atoms with Crippen molar-refractivity contribution < 1.29 is 4.74 Å². The quantitative estimate of drug-likeness (QED) is 0.380. The maximum absolute atomic E-state index is 6.40. The third-order valence-electron chi connectivity index (χ3n) is 5.03. The molecule has 1 aromatic heterocycles. The minimum absolute atomic E-state index is 0. The van der Waals surface area contributed by atoms with Gasteiger partial charge in [-0.05, 0) is 60.9 Å². The third kappa shape index (κ3) is 4.52. The zero-order valence-corrected chi connectivity index (χ0v) is 18.1. The zero-order valence-electron chi connectivity index (χ0n) is 17.3. The van der Waals surface area contributed by atoms with Gasteiger partial charge in [-0.1, -0.05) is 31.2 Å². The largest absolute Gasteiger partial charge is 0.494 e. The molecule has 30 heavy (non-hydrogen) atoms. The molecule has 0 spiro atoms. The molecule has 0 atom stereocenters. The van der Waals surface area contributed by atoms with Gasteiger partial charge in [-0.15, -0.1) is 12.4 Å². The lowest BCUT2D eigenvalue weighted by atomic mass is 10.1. The molecule has 3 N–H and O–H groups in total. The van der Waals surface area contributed by atoms with Crippen LogP contribution in [0.3, 0.4) is 0 Å². The van der Waals surface area contributed by atoms with E-state index in [1.54, 1.807) is 0 Å². The van der Waals surface area contributed by atoms with E-state index in [2.05, 4.69) is 41.5 Å². The fraction of sp³-hybridized carbons (Fsp3) is 0.208. The molecule has 0 unspecified atom stereocenters. The Kier molecular flexibility index (Phi) is 6.85. The number of aromatic nitrogens is 2. The van der Waals surface area contributed by atoms with Gasteiger partial charge >= 0.3 is 0 Å². The van der Waals surface area contributed by atoms with Gasteiger partial charge in [0, 0.05) is 17.9 Å². The van der Waals surface area contributed by atoms with E-state index < -0.39 is 0 Å². The molecule has 4 aromatic rings. The fourth-order valence-electron chi connectivity index (χ4n) is 3.44. The first-order valence-corrected chi connectivity index (χ1v) is 9.99. The number of fused-ring (bicyclic) bond motifs is 1. The van der Waals surface area contributed by atoms with Crippen LogP contribution in [0.4, 0.5) is 11.4 Å². The van der Waals surface area contributed by atoms with Gasteiger partial charge in [0.1, 0.15) is 12.1 Å². The van der Waals surface area contributed by atoms with Crippen LogP contribution in [0, 0.1) is 0 Å². The van der Waals surface area contributed by atoms with E-state index in [-0.39, 0.29) is 12.4 Å². The molecule has 0 aliphatic carbocycles. The molecule has 5 nitrogen and oxygen atoms in total. The van der Waals surface area contributed by atoms with Crippen molar-refractivity contribution in [1.29, 1.82) is 0 Å². The van der Waals surface area contributed by atoms with E-state index in [1.807, 2.05) is 54.2 Å². The predicted molar refractivity (Wildman–Crippen MR) is 127 cm³/mol. The summed E-state index contributed by atoms with van der Waals surface area (Å²) >= 11 is 0. The van der Waals surface area contributed by atoms with Gasteiger partial charge in [-0.3, -0.25) is 4.57 Å². The lowest BCUT2D eigenvalue weighted by Gasteiger charge is -2.11. The smallest absolute Gasteiger partial charge is 0.119 e. The van der Waals surface area contributed by atoms with Crippen LogP contribution in [0.5, 0.6) is 5.75 Å². The fourth-order valence-corrected chi connectivity index (χ4v) is 3.44. The van der Waals surface area contributed by atoms with E-state index in [0.717, 1.165) is 41.1 Å². The number of hydrogen-bond acceptors (Lipinski definition) is 4. The number of rotatable bonds is 7. The van der Waals surface area contributed by atoms with Crippen LogP contribution in [0.2, 0.25) is 0 Å². The number of imidazole rings is 1. The summed E-state index contributed by atoms with van der Waals surface area (Å²) in [5.74, 6) is 0.854. The average molecular weight is 423 g/mol. The van der Waals surface area contributed by atoms with Crippen molar-refractivity contribution in [3.63, 3.8) is 0 Å². The van der Waals surface area contributed by atoms with Gasteiger partial charge in [-0.25, -0.2) is 4.98 Å². The molecule has 0 fully saturated rings. The average Bonchev–Trinajstić information content (AvgIpc) is 3.18. The molecule has 3 aromatic carbocycles. The first-order valence-electron chi connectivity index (χ1n) is 9.99. The topological polar surface area (TPSA) is 65.1 Å². The normalized spacial score (nSPS) is 10.6. The number of anilines is 2. The Morgan fingerprint density at radius 3 is 2.33 bits per heavy atom. The van der Waals surface area contributed by atoms with Crippen molar-refractivity contribution in [1.82, 2.24) is 9.55 Å². The van der Waals surface area contributed by atoms with Gasteiger partial charge in [0.05, 0.1) is 23.3 Å². The number of nitrogens with two attached hydrogens (primary N) is 1. The zero-order chi connectivity index (χ0) is 20.2. The number of aryl methyl sites for hydroxylation is 1. The SMILES string of the molecule is CCOc1ccc(-n2cnc3cc(NCc4ccc(CC)cc4)cc(N)c32)cc1.Cl. The highest BCUT2D eigenvalue weighted by atomic mass is 35.5. The monoisotopic (exact) mass is 422 g/mol. The predicted octanol–water partition coefficient (Wildman–Crippen LogP) is 5.60. The lowest BCUT2D eigenvalue weighted by Crippen LogP contribution is -2.02. The molecule has 0 radical (unpaired) electrons. The van der Waals surface area contributed by atoms with Crippen molar-refractivity contribution in [2.75, 3.05) is 17.7 Å². The summed E-state index contributed by atoms with van der Waals surface area (Å²) in [4.78, 5) is 4.56. The molecule has 0 aliphatic heterocycles. The van der Waals surface area contributed by atoms with Gasteiger partial charge in [0.2, 0.25) is 0 Å². The number of nitrogen functional groups attached to an aromatic ring is 1. The van der Waals surface area contributed by atoms with E-state index in [9.17, 15) is 0 Å². The Labute approximate surface area is 183 Å². The molecule has 0 saturated heterocycles. The Bertz CT molecular complexity index is 1100. The molecular weight excluding hydrogens is 396 g/mol. The number of ether oxygens (including phenoxy) is 1. The van der Waals surface area contributed by atoms with Crippen LogP contribution in [0.15, 0.2) is 67.0 Å². The van der Waals surface area contributed by atoms with Crippen LogP contribution < -0.4 is 15.8 Å². The molecule has 156 valence electrons. The van der Waals surface area contributed by atoms with Crippen LogP contribution in [-0.2, 0) is 13.0 Å². The van der Waals surface area contributed by atoms with E-state index in [0.29, 0.717) is 12.3 Å². The lowest BCUT2D eigenvalue weighted by molar-refractivity contribution is 0.340. The summed E-state index contributed by atoms with van der Waals surface area (Å²) in [6.45, 7) is 5.54. The second-order valence-corrected chi connectivity index (χ2v) is 7.00. The van der Waals surface area contributed by atoms with Gasteiger partial charge < -0.3 is 15.8 Å². The minimum atomic E-state index is 0. The summed E-state index contributed by atoms with van der Waals surface area (Å²) in [6.07, 6.45) is 2.86. The molecule has 0 saturated carbocycles. The highest BCUT2D eigenvalue weighted by Gasteiger charge is 2.10. The summed E-state index contributed by atoms with van der Waals surface area (Å²) < 4.78 is 7.53. The van der Waals surface area contributed by atoms with Crippen LogP contribution in [-0.4, -0.2) is 16.2 Å². The van der Waals surface area contributed by atoms with Crippen molar-refractivity contribution in [3.8, 4) is 11.4 Å². The number of nitrogens with zero attached hydrogens (tertiary/aromatic N) is 2. The Morgan fingerprint density at radius 2 is 1.67 bits per heavy atom. The van der Waals surface area contributed by atoms with Crippen LogP contribution >= 0.6 is 12.4 Å². The molecule has 1 heterocycles. The summed E-state index contributed by atoms with van der Waals surface area (Å²) in [7, 11) is 0. The Morgan fingerprint density at radius 1 is 0.967 bits per heavy atom. The molecule has 0 bridgehead atoms. The van der Waals surface area contributed by atoms with E-state index in [1.165, 1.54) is 11.1 Å². The van der Waals surface area contributed by atoms with Crippen molar-refractivity contribution in [2.45, 2.75) is 26.8 Å². The highest BCUT2D eigenvalue weighted by molar-refractivity contribution is 5.92. The highest BCUT2D eigenvalue weighted by Crippen LogP contribution is 2.28. The van der Waals surface area contributed by atoms with E-state index >= 15 is 0 Å². The Balaban J connectivity index is 0.00000256. The van der Waals surface area contributed by atoms with Gasteiger partial charge in [-0.2, -0.15) is 0 Å². The van der Waals surface area contributed by atoms with Crippen molar-refractivity contribution in [2.24, 2.45) is 0 Å². The van der Waals surface area contributed by atoms with Crippen LogP contribution in [0.1, 0.15) is 25.0 Å². The van der Waals surface area contributed by atoms with Gasteiger partial charge in [0.15, 0.2) is 0 Å². The molecule has 0 aliphatic rings. The summed E-state index contributed by atoms with van der Waals surface area (Å²) in [5.41, 5.74) is 13.4. The molecule has 6 heteroatoms. The maximum atomic E-state index is 6.40. The minimum Gasteiger partial charge on any atom is -0.494 e. The standard InChI is InChI=1S/C24H26N4O.ClH/c1-3-17-5-7-18(8-6-17)15-26-19-13-22(25)24-23(14-19)27-16-28(24)20-9-11-21(12-10-20)29-4-2;/h5-14,16,26H,3-4,15,25H2,1-2H3;1H. The summed E-state index contributed by atoms with van der Waals surface area (Å²) in [5, 5.41) is 3.46. The summed E-state index contributed by atoms with van der Waals surface area (Å²) in [6, 6.07) is 20.6. The maximum Gasteiger partial charge on any atom is 0.119 e. The first kappa shape index (κ1) is 21.5. The van der Waals surface area contributed by atoms with Crippen LogP contribution in [0.25, 0.3) is 16.7 Å². The second-order valence-electron chi connectivity index (χ2n) is 7.00. The third-order valence-corrected chi connectivity index (χ3v) is 5.03. The van der Waals surface area contributed by atoms with E-state index in [4.69, 9.17) is 10.5 Å². The number of nitrogens with one attached hydrogen (secondary N) is 1. The second kappa shape index (κ2) is 9.55.